The van der Waals surface area contributed by atoms with Crippen LogP contribution in [0.3, 0.4) is 0 Å². The normalized spacial score (nSPS) is 10.8. The van der Waals surface area contributed by atoms with Gasteiger partial charge >= 0.3 is 0 Å². The Morgan fingerprint density at radius 3 is 2.47 bits per heavy atom. The number of carbonyl (C=O) groups excluding carboxylic acids is 1. The Morgan fingerprint density at radius 1 is 1.41 bits per heavy atom. The maximum absolute atomic E-state index is 11.8. The van der Waals surface area contributed by atoms with Gasteiger partial charge in [-0.25, -0.2) is 9.97 Å². The fraction of sp³-hybridized carbons (Fsp3) is 0.417. The van der Waals surface area contributed by atoms with Crippen molar-refractivity contribution in [3.8, 4) is 0 Å². The van der Waals surface area contributed by atoms with Crippen LogP contribution in [0.5, 0.6) is 0 Å². The Balaban J connectivity index is 2.67. The molecule has 0 fully saturated rings. The van der Waals surface area contributed by atoms with Crippen LogP contribution in [0.15, 0.2) is 25.0 Å². The molecule has 5 nitrogen and oxygen atoms in total. The molecule has 1 heterocycles. The first-order chi connectivity index (χ1) is 7.92. The number of rotatable bonds is 4. The zero-order valence-electron chi connectivity index (χ0n) is 10.4. The Labute approximate surface area is 101 Å². The van der Waals surface area contributed by atoms with Crippen LogP contribution in [0, 0.1) is 0 Å². The lowest BCUT2D eigenvalue weighted by molar-refractivity contribution is 0.0919. The van der Waals surface area contributed by atoms with E-state index in [-0.39, 0.29) is 11.4 Å². The van der Waals surface area contributed by atoms with Crippen LogP contribution in [0.25, 0.3) is 0 Å². The summed E-state index contributed by atoms with van der Waals surface area (Å²) in [7, 11) is 0. The fourth-order valence-electron chi connectivity index (χ4n) is 1.11. The van der Waals surface area contributed by atoms with E-state index < -0.39 is 0 Å². The van der Waals surface area contributed by atoms with Crippen LogP contribution in [-0.2, 0) is 0 Å². The predicted molar refractivity (Wildman–Crippen MR) is 67.9 cm³/mol. The summed E-state index contributed by atoms with van der Waals surface area (Å²) in [6.07, 6.45) is 4.71. The summed E-state index contributed by atoms with van der Waals surface area (Å²) in [5, 5.41) is 5.78. The summed E-state index contributed by atoms with van der Waals surface area (Å²) in [6.45, 7) is 9.94. The van der Waals surface area contributed by atoms with Gasteiger partial charge in [-0.2, -0.15) is 0 Å². The maximum atomic E-state index is 11.8. The number of aromatic nitrogens is 2. The molecule has 0 saturated carbocycles. The van der Waals surface area contributed by atoms with Crippen molar-refractivity contribution in [3.05, 3.63) is 30.6 Å². The molecule has 0 aliphatic heterocycles. The molecule has 0 spiro atoms. The van der Waals surface area contributed by atoms with E-state index in [0.717, 1.165) is 0 Å². The molecule has 1 aromatic heterocycles. The molecule has 1 aromatic rings. The zero-order chi connectivity index (χ0) is 12.9. The zero-order valence-corrected chi connectivity index (χ0v) is 10.4. The van der Waals surface area contributed by atoms with Crippen molar-refractivity contribution < 1.29 is 4.79 Å². The number of carbonyl (C=O) groups is 1. The highest BCUT2D eigenvalue weighted by molar-refractivity contribution is 5.94. The van der Waals surface area contributed by atoms with Crippen molar-refractivity contribution in [2.75, 3.05) is 11.9 Å². The van der Waals surface area contributed by atoms with Crippen molar-refractivity contribution in [1.82, 2.24) is 15.3 Å². The van der Waals surface area contributed by atoms with Crippen LogP contribution in [-0.4, -0.2) is 28.0 Å². The van der Waals surface area contributed by atoms with Crippen LogP contribution in [0.2, 0.25) is 0 Å². The molecule has 5 heteroatoms. The summed E-state index contributed by atoms with van der Waals surface area (Å²) in [5.74, 6) is 0.310. The molecule has 0 saturated heterocycles. The van der Waals surface area contributed by atoms with Gasteiger partial charge in [-0.05, 0) is 20.8 Å². The molecule has 0 radical (unpaired) electrons. The smallest absolute Gasteiger partial charge is 0.254 e. The minimum atomic E-state index is -0.267. The first-order valence-corrected chi connectivity index (χ1v) is 5.42. The van der Waals surface area contributed by atoms with Crippen molar-refractivity contribution in [1.29, 1.82) is 0 Å². The highest BCUT2D eigenvalue weighted by Gasteiger charge is 2.15. The Morgan fingerprint density at radius 2 is 2.00 bits per heavy atom. The van der Waals surface area contributed by atoms with E-state index in [9.17, 15) is 4.79 Å². The quantitative estimate of drug-likeness (QED) is 0.777. The topological polar surface area (TPSA) is 66.9 Å². The van der Waals surface area contributed by atoms with Gasteiger partial charge in [0, 0.05) is 24.5 Å². The molecule has 2 N–H and O–H groups in total. The molecular weight excluding hydrogens is 216 g/mol. The minimum Gasteiger partial charge on any atom is -0.351 e. The molecule has 0 unspecified atom stereocenters. The van der Waals surface area contributed by atoms with E-state index in [0.29, 0.717) is 18.1 Å². The maximum Gasteiger partial charge on any atom is 0.254 e. The summed E-state index contributed by atoms with van der Waals surface area (Å²) in [6, 6.07) is 0. The van der Waals surface area contributed by atoms with Gasteiger partial charge in [0.05, 0.1) is 5.56 Å². The SMILES string of the molecule is C=CCNc1ncc(C(=O)NC(C)(C)C)cn1. The molecule has 92 valence electrons. The number of hydrogen-bond acceptors (Lipinski definition) is 4. The van der Waals surface area contributed by atoms with Gasteiger partial charge < -0.3 is 10.6 Å². The van der Waals surface area contributed by atoms with Crippen molar-refractivity contribution >= 4 is 11.9 Å². The fourth-order valence-corrected chi connectivity index (χ4v) is 1.11. The highest BCUT2D eigenvalue weighted by atomic mass is 16.1. The minimum absolute atomic E-state index is 0.173. The predicted octanol–water partition coefficient (Wildman–Crippen LogP) is 1.60. The van der Waals surface area contributed by atoms with E-state index in [1.165, 1.54) is 12.4 Å². The summed E-state index contributed by atoms with van der Waals surface area (Å²) < 4.78 is 0. The third kappa shape index (κ3) is 4.63. The molecule has 0 aromatic carbocycles. The van der Waals surface area contributed by atoms with Crippen LogP contribution >= 0.6 is 0 Å². The number of anilines is 1. The molecule has 0 aliphatic rings. The molecule has 1 rings (SSSR count). The number of nitrogens with zero attached hydrogens (tertiary/aromatic N) is 2. The summed E-state index contributed by atoms with van der Waals surface area (Å²) in [4.78, 5) is 19.8. The van der Waals surface area contributed by atoms with E-state index in [4.69, 9.17) is 0 Å². The Bertz CT molecular complexity index is 392. The Hall–Kier alpha value is -1.91. The van der Waals surface area contributed by atoms with Gasteiger partial charge in [0.2, 0.25) is 5.95 Å². The van der Waals surface area contributed by atoms with Gasteiger partial charge in [-0.15, -0.1) is 6.58 Å². The summed E-state index contributed by atoms with van der Waals surface area (Å²) >= 11 is 0. The second kappa shape index (κ2) is 5.43. The second-order valence-electron chi connectivity index (χ2n) is 4.67. The molecule has 0 atom stereocenters. The van der Waals surface area contributed by atoms with Gasteiger partial charge in [-0.1, -0.05) is 6.08 Å². The number of amides is 1. The van der Waals surface area contributed by atoms with Gasteiger partial charge in [-0.3, -0.25) is 4.79 Å². The van der Waals surface area contributed by atoms with Crippen molar-refractivity contribution in [2.24, 2.45) is 0 Å². The standard InChI is InChI=1S/C12H18N4O/c1-5-6-13-11-14-7-9(8-15-11)10(17)16-12(2,3)4/h5,7-8H,1,6H2,2-4H3,(H,16,17)(H,13,14,15). The van der Waals surface area contributed by atoms with Crippen LogP contribution in [0.4, 0.5) is 5.95 Å². The van der Waals surface area contributed by atoms with E-state index >= 15 is 0 Å². The first-order valence-electron chi connectivity index (χ1n) is 5.42. The average molecular weight is 234 g/mol. The molecule has 0 bridgehead atoms. The number of nitrogens with one attached hydrogen (secondary N) is 2. The van der Waals surface area contributed by atoms with E-state index in [1.807, 2.05) is 20.8 Å². The lowest BCUT2D eigenvalue weighted by Crippen LogP contribution is -2.40. The number of hydrogen-bond donors (Lipinski definition) is 2. The monoisotopic (exact) mass is 234 g/mol. The second-order valence-corrected chi connectivity index (χ2v) is 4.67. The largest absolute Gasteiger partial charge is 0.351 e. The van der Waals surface area contributed by atoms with Crippen LogP contribution < -0.4 is 10.6 Å². The molecule has 1 amide bonds. The average Bonchev–Trinajstić information content (AvgIpc) is 2.24. The first kappa shape index (κ1) is 13.2. The summed E-state index contributed by atoms with van der Waals surface area (Å²) in [5.41, 5.74) is 0.181. The third-order valence-electron chi connectivity index (χ3n) is 1.81. The van der Waals surface area contributed by atoms with Gasteiger partial charge in [0.25, 0.3) is 5.91 Å². The highest BCUT2D eigenvalue weighted by Crippen LogP contribution is 2.04. The van der Waals surface area contributed by atoms with Crippen molar-refractivity contribution in [2.45, 2.75) is 26.3 Å². The van der Waals surface area contributed by atoms with Gasteiger partial charge in [0.1, 0.15) is 0 Å². The lowest BCUT2D eigenvalue weighted by atomic mass is 10.1. The van der Waals surface area contributed by atoms with E-state index in [2.05, 4.69) is 27.2 Å². The van der Waals surface area contributed by atoms with Crippen LogP contribution in [0.1, 0.15) is 31.1 Å². The van der Waals surface area contributed by atoms with Gasteiger partial charge in [0.15, 0.2) is 0 Å². The Kier molecular flexibility index (Phi) is 4.20. The molecule has 0 aliphatic carbocycles. The lowest BCUT2D eigenvalue weighted by Gasteiger charge is -2.20. The van der Waals surface area contributed by atoms with Crippen molar-refractivity contribution in [3.63, 3.8) is 0 Å². The van der Waals surface area contributed by atoms with E-state index in [1.54, 1.807) is 6.08 Å². The third-order valence-corrected chi connectivity index (χ3v) is 1.81. The molecular formula is C12H18N4O. The molecule has 17 heavy (non-hydrogen) atoms.